The van der Waals surface area contributed by atoms with Crippen molar-refractivity contribution in [1.29, 1.82) is 10.8 Å². The van der Waals surface area contributed by atoms with Crippen molar-refractivity contribution in [3.8, 4) is 0 Å². The van der Waals surface area contributed by atoms with Crippen LogP contribution in [0.5, 0.6) is 0 Å². The summed E-state index contributed by atoms with van der Waals surface area (Å²) in [5.74, 6) is 0.0416. The second kappa shape index (κ2) is 9.69. The van der Waals surface area contributed by atoms with Gasteiger partial charge in [-0.15, -0.1) is 0 Å². The van der Waals surface area contributed by atoms with Gasteiger partial charge in [-0.2, -0.15) is 0 Å². The maximum absolute atomic E-state index is 12.1. The van der Waals surface area contributed by atoms with E-state index in [0.717, 1.165) is 13.4 Å². The van der Waals surface area contributed by atoms with E-state index in [9.17, 15) is 9.59 Å². The van der Waals surface area contributed by atoms with Crippen LogP contribution in [0.2, 0.25) is 0 Å². The molecule has 0 radical (unpaired) electrons. The molecule has 0 bridgehead atoms. The number of aliphatic hydroxyl groups excluding tert-OH is 1. The van der Waals surface area contributed by atoms with Crippen LogP contribution in [0.15, 0.2) is 39.4 Å². The lowest BCUT2D eigenvalue weighted by Gasteiger charge is -2.14. The van der Waals surface area contributed by atoms with Crippen LogP contribution < -0.4 is 11.0 Å². The highest BCUT2D eigenvalue weighted by Gasteiger charge is 2.14. The molecular formula is C18H22N4O3S. The molecule has 1 aromatic heterocycles. The number of fused-ring (bicyclic) bond motifs is 1. The number of aldehydes is 1. The third-order valence-electron chi connectivity index (χ3n) is 3.49. The number of hydrogen-bond acceptors (Lipinski definition) is 6. The fraction of sp³-hybridized carbons (Fsp3) is 0.222. The van der Waals surface area contributed by atoms with Gasteiger partial charge in [0.05, 0.1) is 15.9 Å². The van der Waals surface area contributed by atoms with Crippen LogP contribution in [-0.2, 0) is 0 Å². The number of carbonyl (C=O) groups excluding carboxylic acids is 1. The number of nitrogens with zero attached hydrogens (tertiary/aromatic N) is 1. The summed E-state index contributed by atoms with van der Waals surface area (Å²) in [5, 5.41) is 25.4. The Morgan fingerprint density at radius 2 is 1.96 bits per heavy atom. The van der Waals surface area contributed by atoms with Gasteiger partial charge in [-0.05, 0) is 43.9 Å². The van der Waals surface area contributed by atoms with Crippen LogP contribution in [0.3, 0.4) is 0 Å². The molecule has 0 saturated heterocycles. The fourth-order valence-corrected chi connectivity index (χ4v) is 2.89. The molecule has 0 spiro atoms. The Morgan fingerprint density at radius 1 is 1.31 bits per heavy atom. The second-order valence-electron chi connectivity index (χ2n) is 5.07. The van der Waals surface area contributed by atoms with Crippen LogP contribution in [-0.4, -0.2) is 33.9 Å². The molecule has 2 rings (SSSR count). The van der Waals surface area contributed by atoms with Gasteiger partial charge in [0.25, 0.3) is 5.56 Å². The van der Waals surface area contributed by atoms with E-state index in [-0.39, 0.29) is 11.3 Å². The van der Waals surface area contributed by atoms with Gasteiger partial charge in [-0.25, -0.2) is 0 Å². The topological polar surface area (TPSA) is 123 Å². The number of carbonyl (C=O) groups is 1. The summed E-state index contributed by atoms with van der Waals surface area (Å²) in [6.45, 7) is 5.45. The van der Waals surface area contributed by atoms with E-state index in [2.05, 4.69) is 4.98 Å². The predicted molar refractivity (Wildman–Crippen MR) is 106 cm³/mol. The lowest BCUT2D eigenvalue weighted by molar-refractivity contribution is 0.112. The third-order valence-corrected chi connectivity index (χ3v) is 4.58. The van der Waals surface area contributed by atoms with Crippen molar-refractivity contribution in [3.63, 3.8) is 0 Å². The molecule has 2 aromatic rings. The molecule has 0 aliphatic carbocycles. The van der Waals surface area contributed by atoms with Crippen molar-refractivity contribution in [3.05, 3.63) is 61.6 Å². The second-order valence-corrected chi connectivity index (χ2v) is 6.02. The number of benzene rings is 1. The van der Waals surface area contributed by atoms with E-state index in [1.165, 1.54) is 16.3 Å². The summed E-state index contributed by atoms with van der Waals surface area (Å²) in [6, 6.07) is 3.27. The van der Waals surface area contributed by atoms with Crippen LogP contribution in [0.25, 0.3) is 11.0 Å². The molecule has 0 atom stereocenters. The molecular weight excluding hydrogens is 352 g/mol. The standard InChI is InChI=1S/C17H18N4O2S.CH4O/c1-4-6-24-14(5-2)15(18)21-13-7-10(3)11(9-22)8-12(13)20-17(23)16(21)19;1-2/h4-9,18-19H,1-3H3,(H,20,23);2H,1H3/b6-4-,14-5?,18-15?,19-16?;. The molecule has 1 aromatic carbocycles. The van der Waals surface area contributed by atoms with Crippen molar-refractivity contribution in [2.24, 2.45) is 0 Å². The molecule has 1 heterocycles. The van der Waals surface area contributed by atoms with Gasteiger partial charge in [0.2, 0.25) is 0 Å². The Hall–Kier alpha value is -2.71. The number of aryl methyl sites for hydroxylation is 1. The first kappa shape index (κ1) is 21.3. The number of aliphatic hydroxyl groups is 1. The van der Waals surface area contributed by atoms with Gasteiger partial charge in [-0.3, -0.25) is 25.0 Å². The molecule has 26 heavy (non-hydrogen) atoms. The maximum atomic E-state index is 12.1. The van der Waals surface area contributed by atoms with Gasteiger partial charge in [0.1, 0.15) is 12.1 Å². The zero-order chi connectivity index (χ0) is 19.9. The molecule has 0 amide bonds. The number of aromatic nitrogens is 2. The lowest BCUT2D eigenvalue weighted by atomic mass is 10.1. The molecule has 0 unspecified atom stereocenters. The summed E-state index contributed by atoms with van der Waals surface area (Å²) < 4.78 is 1.29. The highest BCUT2D eigenvalue weighted by Crippen LogP contribution is 2.21. The van der Waals surface area contributed by atoms with Gasteiger partial charge in [-0.1, -0.05) is 23.9 Å². The van der Waals surface area contributed by atoms with Crippen molar-refractivity contribution in [1.82, 2.24) is 9.55 Å². The lowest BCUT2D eigenvalue weighted by Crippen LogP contribution is -2.40. The summed E-state index contributed by atoms with van der Waals surface area (Å²) in [5.41, 5.74) is 1.16. The molecule has 0 saturated carbocycles. The average molecular weight is 374 g/mol. The van der Waals surface area contributed by atoms with Gasteiger partial charge >= 0.3 is 0 Å². The van der Waals surface area contributed by atoms with Gasteiger partial charge in [0.15, 0.2) is 5.49 Å². The molecule has 8 heteroatoms. The van der Waals surface area contributed by atoms with Gasteiger partial charge < -0.3 is 10.1 Å². The Morgan fingerprint density at radius 3 is 2.50 bits per heavy atom. The Bertz CT molecular complexity index is 1000. The Kier molecular flexibility index (Phi) is 7.95. The Labute approximate surface area is 155 Å². The third kappa shape index (κ3) is 4.27. The number of hydrogen-bond donors (Lipinski definition) is 4. The van der Waals surface area contributed by atoms with Crippen LogP contribution >= 0.6 is 11.8 Å². The van der Waals surface area contributed by atoms with Crippen LogP contribution in [0, 0.1) is 17.7 Å². The maximum Gasteiger partial charge on any atom is 0.291 e. The minimum absolute atomic E-state index is 0.0416. The van der Waals surface area contributed by atoms with Crippen molar-refractivity contribution < 1.29 is 9.90 Å². The first-order valence-corrected chi connectivity index (χ1v) is 8.60. The number of aromatic amines is 1. The number of allylic oxidation sites excluding steroid dienone is 3. The number of rotatable bonds is 4. The fourth-order valence-electron chi connectivity index (χ4n) is 2.27. The van der Waals surface area contributed by atoms with Crippen LogP contribution in [0.4, 0.5) is 0 Å². The van der Waals surface area contributed by atoms with E-state index in [0.29, 0.717) is 27.1 Å². The first-order valence-electron chi connectivity index (χ1n) is 7.72. The number of H-pyrrole nitrogens is 1. The molecule has 0 fully saturated rings. The smallest absolute Gasteiger partial charge is 0.291 e. The summed E-state index contributed by atoms with van der Waals surface area (Å²) >= 11 is 1.34. The van der Waals surface area contributed by atoms with Crippen molar-refractivity contribution in [2.45, 2.75) is 20.8 Å². The minimum atomic E-state index is -0.612. The van der Waals surface area contributed by atoms with Crippen molar-refractivity contribution >= 4 is 34.9 Å². The van der Waals surface area contributed by atoms with Gasteiger partial charge in [0, 0.05) is 12.7 Å². The monoisotopic (exact) mass is 374 g/mol. The predicted octanol–water partition coefficient (Wildman–Crippen LogP) is 2.53. The minimum Gasteiger partial charge on any atom is -0.400 e. The molecule has 0 aliphatic heterocycles. The quantitative estimate of drug-likeness (QED) is 0.373. The summed E-state index contributed by atoms with van der Waals surface area (Å²) in [7, 11) is 1.00. The van der Waals surface area contributed by atoms with E-state index < -0.39 is 5.56 Å². The zero-order valence-electron chi connectivity index (χ0n) is 15.1. The SMILES string of the molecule is CC=C(S/C=C\C)C(=N)n1c(=N)c(=O)[nH]c2cc(C=O)c(C)cc21.CO. The first-order chi connectivity index (χ1) is 12.4. The van der Waals surface area contributed by atoms with Crippen molar-refractivity contribution in [2.75, 3.05) is 7.11 Å². The molecule has 138 valence electrons. The highest BCUT2D eigenvalue weighted by molar-refractivity contribution is 8.06. The molecule has 4 N–H and O–H groups in total. The van der Waals surface area contributed by atoms with E-state index in [1.54, 1.807) is 32.1 Å². The largest absolute Gasteiger partial charge is 0.400 e. The number of thioether (sulfide) groups is 1. The zero-order valence-corrected chi connectivity index (χ0v) is 15.9. The summed E-state index contributed by atoms with van der Waals surface area (Å²) in [4.78, 5) is 26.4. The van der Waals surface area contributed by atoms with Crippen LogP contribution in [0.1, 0.15) is 29.8 Å². The number of nitrogens with one attached hydrogen (secondary N) is 3. The normalized spacial score (nSPS) is 11.3. The Balaban J connectivity index is 0.00000163. The molecule has 7 nitrogen and oxygen atoms in total. The molecule has 0 aliphatic rings. The highest BCUT2D eigenvalue weighted by atomic mass is 32.2. The van der Waals surface area contributed by atoms with E-state index in [4.69, 9.17) is 15.9 Å². The van der Waals surface area contributed by atoms with E-state index >= 15 is 0 Å². The average Bonchev–Trinajstić information content (AvgIpc) is 2.65. The van der Waals surface area contributed by atoms with E-state index in [1.807, 2.05) is 18.4 Å². The summed E-state index contributed by atoms with van der Waals surface area (Å²) in [6.07, 6.45) is 4.33.